The molecule has 1 saturated carbocycles. The van der Waals surface area contributed by atoms with Crippen molar-refractivity contribution in [2.45, 2.75) is 37.1 Å². The molecule has 2 aromatic carbocycles. The zero-order chi connectivity index (χ0) is 13.8. The Morgan fingerprint density at radius 3 is 2.70 bits per heavy atom. The summed E-state index contributed by atoms with van der Waals surface area (Å²) in [5, 5.41) is 6.40. The summed E-state index contributed by atoms with van der Waals surface area (Å²) in [7, 11) is 0. The van der Waals surface area contributed by atoms with Crippen LogP contribution in [0.4, 0.5) is 0 Å². The van der Waals surface area contributed by atoms with E-state index in [-0.39, 0.29) is 0 Å². The average Bonchev–Trinajstić information content (AvgIpc) is 3.32. The molecule has 2 heteroatoms. The molecular weight excluding hydrogens is 262 g/mol. The van der Waals surface area contributed by atoms with Crippen molar-refractivity contribution in [2.24, 2.45) is 5.92 Å². The molecule has 1 aliphatic rings. The van der Waals surface area contributed by atoms with E-state index in [9.17, 15) is 0 Å². The van der Waals surface area contributed by atoms with Crippen LogP contribution in [0, 0.1) is 5.92 Å². The highest BCUT2D eigenvalue weighted by molar-refractivity contribution is 7.99. The predicted octanol–water partition coefficient (Wildman–Crippen LogP) is 4.71. The summed E-state index contributed by atoms with van der Waals surface area (Å²) in [6.45, 7) is 3.40. The van der Waals surface area contributed by atoms with Crippen LogP contribution in [0.15, 0.2) is 47.4 Å². The van der Waals surface area contributed by atoms with Gasteiger partial charge in [0.25, 0.3) is 0 Å². The first-order valence-corrected chi connectivity index (χ1v) is 8.70. The van der Waals surface area contributed by atoms with Gasteiger partial charge in [0.1, 0.15) is 0 Å². The summed E-state index contributed by atoms with van der Waals surface area (Å²) < 4.78 is 0. The molecule has 1 N–H and O–H groups in total. The lowest BCUT2D eigenvalue weighted by Crippen LogP contribution is -2.33. The standard InChI is InChI=1S/C18H23NS/c1-2-11-19-18(15-7-8-15)13-20-17-10-9-14-5-3-4-6-16(14)12-17/h3-6,9-10,12,15,18-19H,2,7-8,11,13H2,1H3. The molecule has 1 unspecified atom stereocenters. The maximum absolute atomic E-state index is 3.72. The van der Waals surface area contributed by atoms with E-state index < -0.39 is 0 Å². The highest BCUT2D eigenvalue weighted by Gasteiger charge is 2.30. The minimum atomic E-state index is 0.700. The normalized spacial score (nSPS) is 16.4. The molecule has 20 heavy (non-hydrogen) atoms. The van der Waals surface area contributed by atoms with Gasteiger partial charge in [-0.25, -0.2) is 0 Å². The number of nitrogens with one attached hydrogen (secondary N) is 1. The molecular formula is C18H23NS. The van der Waals surface area contributed by atoms with Crippen LogP contribution in [0.5, 0.6) is 0 Å². The van der Waals surface area contributed by atoms with Gasteiger partial charge in [-0.15, -0.1) is 11.8 Å². The van der Waals surface area contributed by atoms with E-state index in [0.29, 0.717) is 6.04 Å². The zero-order valence-corrected chi connectivity index (χ0v) is 13.0. The summed E-state index contributed by atoms with van der Waals surface area (Å²) >= 11 is 2.00. The molecule has 1 atom stereocenters. The van der Waals surface area contributed by atoms with Gasteiger partial charge < -0.3 is 5.32 Å². The van der Waals surface area contributed by atoms with Crippen molar-refractivity contribution in [3.63, 3.8) is 0 Å². The Bertz CT molecular complexity index is 562. The first-order valence-electron chi connectivity index (χ1n) is 7.72. The van der Waals surface area contributed by atoms with Crippen LogP contribution < -0.4 is 5.32 Å². The Morgan fingerprint density at radius 2 is 1.95 bits per heavy atom. The highest BCUT2D eigenvalue weighted by atomic mass is 32.2. The second-order valence-electron chi connectivity index (χ2n) is 5.72. The molecule has 0 bridgehead atoms. The largest absolute Gasteiger partial charge is 0.313 e. The van der Waals surface area contributed by atoms with Gasteiger partial charge in [-0.1, -0.05) is 37.3 Å². The van der Waals surface area contributed by atoms with Gasteiger partial charge in [0.05, 0.1) is 0 Å². The third-order valence-electron chi connectivity index (χ3n) is 4.00. The minimum absolute atomic E-state index is 0.700. The van der Waals surface area contributed by atoms with Crippen LogP contribution in [0.1, 0.15) is 26.2 Å². The summed E-state index contributed by atoms with van der Waals surface area (Å²) in [5.41, 5.74) is 0. The van der Waals surface area contributed by atoms with Gasteiger partial charge in [-0.2, -0.15) is 0 Å². The fraction of sp³-hybridized carbons (Fsp3) is 0.444. The lowest BCUT2D eigenvalue weighted by atomic mass is 10.1. The lowest BCUT2D eigenvalue weighted by molar-refractivity contribution is 0.503. The van der Waals surface area contributed by atoms with E-state index in [1.165, 1.54) is 40.7 Å². The third kappa shape index (κ3) is 3.56. The zero-order valence-electron chi connectivity index (χ0n) is 12.1. The van der Waals surface area contributed by atoms with Crippen molar-refractivity contribution in [3.8, 4) is 0 Å². The molecule has 0 radical (unpaired) electrons. The number of hydrogen-bond acceptors (Lipinski definition) is 2. The Morgan fingerprint density at radius 1 is 1.15 bits per heavy atom. The maximum atomic E-state index is 3.72. The fourth-order valence-electron chi connectivity index (χ4n) is 2.63. The van der Waals surface area contributed by atoms with Crippen LogP contribution in [0.2, 0.25) is 0 Å². The van der Waals surface area contributed by atoms with Crippen LogP contribution in [-0.4, -0.2) is 18.3 Å². The third-order valence-corrected chi connectivity index (χ3v) is 5.11. The average molecular weight is 285 g/mol. The Kier molecular flexibility index (Phi) is 4.64. The van der Waals surface area contributed by atoms with Gasteiger partial charge >= 0.3 is 0 Å². The van der Waals surface area contributed by atoms with E-state index in [1.807, 2.05) is 11.8 Å². The number of thioether (sulfide) groups is 1. The van der Waals surface area contributed by atoms with Gasteiger partial charge in [-0.3, -0.25) is 0 Å². The number of fused-ring (bicyclic) bond motifs is 1. The van der Waals surface area contributed by atoms with E-state index in [4.69, 9.17) is 0 Å². The summed E-state index contributed by atoms with van der Waals surface area (Å²) in [6.07, 6.45) is 4.06. The molecule has 1 aliphatic carbocycles. The fourth-order valence-corrected chi connectivity index (χ4v) is 3.77. The van der Waals surface area contributed by atoms with Crippen LogP contribution in [0.25, 0.3) is 10.8 Å². The van der Waals surface area contributed by atoms with Crippen molar-refractivity contribution in [1.29, 1.82) is 0 Å². The molecule has 0 spiro atoms. The van der Waals surface area contributed by atoms with E-state index in [2.05, 4.69) is 54.7 Å². The highest BCUT2D eigenvalue weighted by Crippen LogP contribution is 2.35. The van der Waals surface area contributed by atoms with Crippen molar-refractivity contribution >= 4 is 22.5 Å². The smallest absolute Gasteiger partial charge is 0.0189 e. The van der Waals surface area contributed by atoms with Gasteiger partial charge in [-0.05, 0) is 54.6 Å². The topological polar surface area (TPSA) is 12.0 Å². The summed E-state index contributed by atoms with van der Waals surface area (Å²) in [5.74, 6) is 2.12. The molecule has 0 heterocycles. The Balaban J connectivity index is 1.63. The van der Waals surface area contributed by atoms with E-state index in [1.54, 1.807) is 0 Å². The van der Waals surface area contributed by atoms with Gasteiger partial charge in [0.15, 0.2) is 0 Å². The van der Waals surface area contributed by atoms with Gasteiger partial charge in [0.2, 0.25) is 0 Å². The van der Waals surface area contributed by atoms with Crippen LogP contribution >= 0.6 is 11.8 Å². The lowest BCUT2D eigenvalue weighted by Gasteiger charge is -2.17. The van der Waals surface area contributed by atoms with Gasteiger partial charge in [0, 0.05) is 16.7 Å². The second kappa shape index (κ2) is 6.64. The van der Waals surface area contributed by atoms with Crippen LogP contribution in [-0.2, 0) is 0 Å². The minimum Gasteiger partial charge on any atom is -0.313 e. The monoisotopic (exact) mass is 285 g/mol. The van der Waals surface area contributed by atoms with Crippen LogP contribution in [0.3, 0.4) is 0 Å². The molecule has 106 valence electrons. The summed E-state index contributed by atoms with van der Waals surface area (Å²) in [4.78, 5) is 1.40. The molecule has 2 aromatic rings. The van der Waals surface area contributed by atoms with Crippen molar-refractivity contribution < 1.29 is 0 Å². The molecule has 1 fully saturated rings. The first-order chi connectivity index (χ1) is 9.86. The summed E-state index contributed by atoms with van der Waals surface area (Å²) in [6, 6.07) is 16.1. The molecule has 3 rings (SSSR count). The second-order valence-corrected chi connectivity index (χ2v) is 6.81. The van der Waals surface area contributed by atoms with E-state index >= 15 is 0 Å². The molecule has 0 saturated heterocycles. The van der Waals surface area contributed by atoms with E-state index in [0.717, 1.165) is 12.5 Å². The van der Waals surface area contributed by atoms with Crippen molar-refractivity contribution in [2.75, 3.05) is 12.3 Å². The number of benzene rings is 2. The SMILES string of the molecule is CCCNC(CSc1ccc2ccccc2c1)C1CC1. The maximum Gasteiger partial charge on any atom is 0.0189 e. The Labute approximate surface area is 126 Å². The first kappa shape index (κ1) is 14.0. The quantitative estimate of drug-likeness (QED) is 0.739. The Hall–Kier alpha value is -0.990. The molecule has 0 amide bonds. The number of rotatable bonds is 7. The van der Waals surface area contributed by atoms with Crippen molar-refractivity contribution in [3.05, 3.63) is 42.5 Å². The molecule has 0 aromatic heterocycles. The number of hydrogen-bond donors (Lipinski definition) is 1. The van der Waals surface area contributed by atoms with Crippen molar-refractivity contribution in [1.82, 2.24) is 5.32 Å². The molecule has 1 nitrogen and oxygen atoms in total. The molecule has 0 aliphatic heterocycles. The predicted molar refractivity (Wildman–Crippen MR) is 89.5 cm³/mol.